The minimum atomic E-state index is -1.27. The highest BCUT2D eigenvalue weighted by Gasteiger charge is 2.62. The molecule has 1 aromatic rings. The van der Waals surface area contributed by atoms with Crippen LogP contribution in [0.5, 0.6) is 0 Å². The largest absolute Gasteiger partial charge is 0.394 e. The van der Waals surface area contributed by atoms with E-state index in [1.54, 1.807) is 13.8 Å². The summed E-state index contributed by atoms with van der Waals surface area (Å²) in [7, 11) is 0. The number of ether oxygens (including phenoxy) is 3. The number of Topliss-reactive ketones (excluding diaryl/α,β-unsaturated/α-hetero) is 1. The van der Waals surface area contributed by atoms with Crippen molar-refractivity contribution in [2.24, 2.45) is 0 Å². The van der Waals surface area contributed by atoms with Crippen LogP contribution in [0.1, 0.15) is 39.2 Å². The van der Waals surface area contributed by atoms with Crippen LogP contribution < -0.4 is 11.2 Å². The minimum Gasteiger partial charge on any atom is -0.394 e. The summed E-state index contributed by atoms with van der Waals surface area (Å²) in [5.41, 5.74) is -2.02. The number of nitrogens with zero attached hydrogens (tertiary/aromatic N) is 1. The van der Waals surface area contributed by atoms with Gasteiger partial charge in [-0.3, -0.25) is 14.3 Å². The zero-order valence-electron chi connectivity index (χ0n) is 15.1. The van der Waals surface area contributed by atoms with Gasteiger partial charge in [0.1, 0.15) is 18.0 Å². The summed E-state index contributed by atoms with van der Waals surface area (Å²) < 4.78 is 18.7. The molecule has 0 amide bonds. The SMILES string of the molecule is CC(=O)CCCc1cn(C23COC(CO)C2OC(C)(C)O3)c(=O)[nH]c1=O. The number of hydrogen-bond acceptors (Lipinski definition) is 7. The Morgan fingerprint density at radius 3 is 2.81 bits per heavy atom. The molecule has 2 saturated heterocycles. The number of aliphatic hydroxyl groups excluding tert-OH is 1. The fourth-order valence-corrected chi connectivity index (χ4v) is 3.60. The number of nitrogens with one attached hydrogen (secondary N) is 1. The molecular formula is C17H24N2O7. The summed E-state index contributed by atoms with van der Waals surface area (Å²) in [6.45, 7) is 4.64. The molecular weight excluding hydrogens is 344 g/mol. The fraction of sp³-hybridized carbons (Fsp3) is 0.706. The van der Waals surface area contributed by atoms with Crippen molar-refractivity contribution in [3.63, 3.8) is 0 Å². The molecule has 144 valence electrons. The lowest BCUT2D eigenvalue weighted by atomic mass is 10.0. The van der Waals surface area contributed by atoms with E-state index in [9.17, 15) is 19.5 Å². The molecule has 2 N–H and O–H groups in total. The molecule has 0 aliphatic carbocycles. The van der Waals surface area contributed by atoms with Crippen LogP contribution in [0, 0.1) is 0 Å². The standard InChI is InChI=1S/C17H24N2O7/c1-10(21)5-4-6-11-7-19(15(23)18-14(11)22)17-9-24-12(8-20)13(17)25-16(2,3)26-17/h7,12-13,20H,4-6,8-9H2,1-3H3,(H,18,22,23). The molecule has 3 atom stereocenters. The first kappa shape index (κ1) is 19.0. The molecule has 26 heavy (non-hydrogen) atoms. The predicted octanol–water partition coefficient (Wildman–Crippen LogP) is -0.356. The molecule has 2 aliphatic heterocycles. The van der Waals surface area contributed by atoms with Crippen LogP contribution in [0.2, 0.25) is 0 Å². The van der Waals surface area contributed by atoms with Crippen molar-refractivity contribution >= 4 is 5.78 Å². The zero-order valence-corrected chi connectivity index (χ0v) is 15.1. The Labute approximate surface area is 149 Å². The van der Waals surface area contributed by atoms with Crippen molar-refractivity contribution in [3.8, 4) is 0 Å². The minimum absolute atomic E-state index is 0.00512. The lowest BCUT2D eigenvalue weighted by Gasteiger charge is -2.29. The Morgan fingerprint density at radius 1 is 1.42 bits per heavy atom. The van der Waals surface area contributed by atoms with Crippen molar-refractivity contribution in [1.29, 1.82) is 0 Å². The molecule has 0 spiro atoms. The van der Waals surface area contributed by atoms with Gasteiger partial charge in [-0.1, -0.05) is 0 Å². The number of hydrogen-bond donors (Lipinski definition) is 2. The van der Waals surface area contributed by atoms with E-state index in [0.717, 1.165) is 0 Å². The van der Waals surface area contributed by atoms with Crippen LogP contribution in [-0.2, 0) is 31.2 Å². The summed E-state index contributed by atoms with van der Waals surface area (Å²) in [4.78, 5) is 38.1. The molecule has 9 nitrogen and oxygen atoms in total. The highest BCUT2D eigenvalue weighted by Crippen LogP contribution is 2.45. The molecule has 3 heterocycles. The van der Waals surface area contributed by atoms with Gasteiger partial charge in [0.05, 0.1) is 13.2 Å². The third-order valence-electron chi connectivity index (χ3n) is 4.70. The Kier molecular flexibility index (Phi) is 4.91. The Hall–Kier alpha value is -1.81. The van der Waals surface area contributed by atoms with Crippen LogP contribution in [0.4, 0.5) is 0 Å². The normalized spacial score (nSPS) is 29.7. The van der Waals surface area contributed by atoms with E-state index in [1.807, 2.05) is 0 Å². The van der Waals surface area contributed by atoms with Gasteiger partial charge < -0.3 is 24.1 Å². The number of aryl methyl sites for hydroxylation is 1. The Balaban J connectivity index is 2.00. The van der Waals surface area contributed by atoms with Gasteiger partial charge in [0.2, 0.25) is 5.72 Å². The molecule has 3 unspecified atom stereocenters. The molecule has 2 fully saturated rings. The number of aliphatic hydroxyl groups is 1. The average molecular weight is 368 g/mol. The van der Waals surface area contributed by atoms with E-state index in [2.05, 4.69) is 4.98 Å². The van der Waals surface area contributed by atoms with Gasteiger partial charge in [0.25, 0.3) is 5.56 Å². The number of carbonyl (C=O) groups is 1. The van der Waals surface area contributed by atoms with Crippen LogP contribution in [-0.4, -0.2) is 51.6 Å². The van der Waals surface area contributed by atoms with Crippen molar-refractivity contribution in [3.05, 3.63) is 32.6 Å². The molecule has 0 aromatic carbocycles. The molecule has 9 heteroatoms. The molecule has 3 rings (SSSR count). The monoisotopic (exact) mass is 368 g/mol. The van der Waals surface area contributed by atoms with Crippen LogP contribution in [0.3, 0.4) is 0 Å². The molecule has 0 bridgehead atoms. The maximum Gasteiger partial charge on any atom is 0.330 e. The van der Waals surface area contributed by atoms with Gasteiger partial charge in [-0.15, -0.1) is 0 Å². The first-order chi connectivity index (χ1) is 12.2. The highest BCUT2D eigenvalue weighted by atomic mass is 16.8. The first-order valence-electron chi connectivity index (χ1n) is 8.64. The number of fused-ring (bicyclic) bond motifs is 1. The van der Waals surface area contributed by atoms with Gasteiger partial charge >= 0.3 is 5.69 Å². The third-order valence-corrected chi connectivity index (χ3v) is 4.70. The molecule has 1 aromatic heterocycles. The third kappa shape index (κ3) is 3.27. The number of rotatable bonds is 6. The first-order valence-corrected chi connectivity index (χ1v) is 8.64. The number of aromatic nitrogens is 2. The summed E-state index contributed by atoms with van der Waals surface area (Å²) in [6.07, 6.45) is 1.32. The van der Waals surface area contributed by atoms with Gasteiger partial charge in [-0.2, -0.15) is 0 Å². The average Bonchev–Trinajstić information content (AvgIpc) is 2.99. The van der Waals surface area contributed by atoms with Crippen LogP contribution >= 0.6 is 0 Å². The van der Waals surface area contributed by atoms with Crippen molar-refractivity contribution < 1.29 is 24.1 Å². The summed E-state index contributed by atoms with van der Waals surface area (Å²) >= 11 is 0. The topological polar surface area (TPSA) is 120 Å². The quantitative estimate of drug-likeness (QED) is 0.704. The van der Waals surface area contributed by atoms with E-state index < -0.39 is 35.0 Å². The second-order valence-electron chi connectivity index (χ2n) is 7.26. The smallest absolute Gasteiger partial charge is 0.330 e. The second kappa shape index (κ2) is 6.73. The van der Waals surface area contributed by atoms with Crippen LogP contribution in [0.15, 0.2) is 15.8 Å². The van der Waals surface area contributed by atoms with Gasteiger partial charge in [0, 0.05) is 18.2 Å². The summed E-state index contributed by atoms with van der Waals surface area (Å²) in [6, 6.07) is 0. The maximum absolute atomic E-state index is 12.5. The van der Waals surface area contributed by atoms with Crippen molar-refractivity contribution in [1.82, 2.24) is 9.55 Å². The van der Waals surface area contributed by atoms with Gasteiger partial charge in [-0.25, -0.2) is 4.79 Å². The van der Waals surface area contributed by atoms with E-state index in [4.69, 9.17) is 14.2 Å². The number of aromatic amines is 1. The summed E-state index contributed by atoms with van der Waals surface area (Å²) in [5, 5.41) is 9.54. The van der Waals surface area contributed by atoms with Gasteiger partial charge in [-0.05, 0) is 33.6 Å². The molecule has 2 aliphatic rings. The van der Waals surface area contributed by atoms with Crippen LogP contribution in [0.25, 0.3) is 0 Å². The maximum atomic E-state index is 12.5. The van der Waals surface area contributed by atoms with E-state index in [1.165, 1.54) is 17.7 Å². The van der Waals surface area contributed by atoms with Crippen molar-refractivity contribution in [2.75, 3.05) is 13.2 Å². The van der Waals surface area contributed by atoms with E-state index in [0.29, 0.717) is 24.8 Å². The predicted molar refractivity (Wildman–Crippen MR) is 89.8 cm³/mol. The Bertz CT molecular complexity index is 812. The second-order valence-corrected chi connectivity index (χ2v) is 7.26. The zero-order chi connectivity index (χ0) is 19.1. The molecule has 0 radical (unpaired) electrons. The molecule has 0 saturated carbocycles. The number of carbonyl (C=O) groups excluding carboxylic acids is 1. The van der Waals surface area contributed by atoms with Crippen molar-refractivity contribution in [2.45, 2.75) is 63.8 Å². The number of H-pyrrole nitrogens is 1. The Morgan fingerprint density at radius 2 is 2.15 bits per heavy atom. The van der Waals surface area contributed by atoms with E-state index >= 15 is 0 Å². The number of ketones is 1. The lowest BCUT2D eigenvalue weighted by molar-refractivity contribution is -0.207. The highest BCUT2D eigenvalue weighted by molar-refractivity contribution is 5.75. The van der Waals surface area contributed by atoms with Gasteiger partial charge in [0.15, 0.2) is 5.79 Å². The lowest BCUT2D eigenvalue weighted by Crippen LogP contribution is -2.51. The summed E-state index contributed by atoms with van der Waals surface area (Å²) in [5.74, 6) is -0.940. The fourth-order valence-electron chi connectivity index (χ4n) is 3.60. The van der Waals surface area contributed by atoms with E-state index in [-0.39, 0.29) is 19.0 Å².